The van der Waals surface area contributed by atoms with Crippen molar-refractivity contribution in [1.29, 1.82) is 0 Å². The minimum atomic E-state index is -1.23. The van der Waals surface area contributed by atoms with E-state index in [1.807, 2.05) is 41.3 Å². The van der Waals surface area contributed by atoms with Crippen LogP contribution < -0.4 is 20.1 Å². The summed E-state index contributed by atoms with van der Waals surface area (Å²) in [5.41, 5.74) is 1.14. The van der Waals surface area contributed by atoms with Crippen LogP contribution in [0.5, 0.6) is 11.5 Å². The van der Waals surface area contributed by atoms with Crippen LogP contribution >= 0.6 is 12.2 Å². The minimum Gasteiger partial charge on any atom is -0.497 e. The van der Waals surface area contributed by atoms with Gasteiger partial charge in [-0.15, -0.1) is 0 Å². The van der Waals surface area contributed by atoms with Gasteiger partial charge >= 0.3 is 0 Å². The molecule has 0 radical (unpaired) electrons. The van der Waals surface area contributed by atoms with Crippen molar-refractivity contribution >= 4 is 34.8 Å². The van der Waals surface area contributed by atoms with Crippen LogP contribution in [0.3, 0.4) is 0 Å². The molecule has 10 heteroatoms. The van der Waals surface area contributed by atoms with E-state index in [1.165, 1.54) is 7.11 Å². The van der Waals surface area contributed by atoms with Crippen LogP contribution in [0.2, 0.25) is 0 Å². The average Bonchev–Trinajstić information content (AvgIpc) is 3.32. The third kappa shape index (κ3) is 6.46. The second-order valence-corrected chi connectivity index (χ2v) is 10.1. The number of hydrogen-bond acceptors (Lipinski definition) is 6. The highest BCUT2D eigenvalue weighted by molar-refractivity contribution is 7.80. The van der Waals surface area contributed by atoms with Gasteiger partial charge in [0, 0.05) is 31.5 Å². The molecule has 2 N–H and O–H groups in total. The van der Waals surface area contributed by atoms with E-state index in [-0.39, 0.29) is 30.9 Å². The van der Waals surface area contributed by atoms with Crippen molar-refractivity contribution in [2.45, 2.75) is 32.0 Å². The van der Waals surface area contributed by atoms with Crippen LogP contribution in [-0.4, -0.2) is 64.6 Å². The summed E-state index contributed by atoms with van der Waals surface area (Å²) in [7, 11) is 3.07. The normalized spacial score (nSPS) is 14.9. The highest BCUT2D eigenvalue weighted by Gasteiger charge is 2.40. The van der Waals surface area contributed by atoms with Gasteiger partial charge in [-0.05, 0) is 55.4 Å². The molecule has 0 unspecified atom stereocenters. The van der Waals surface area contributed by atoms with Gasteiger partial charge in [0.25, 0.3) is 0 Å². The molecule has 2 aromatic carbocycles. The molecule has 2 heterocycles. The number of aromatic nitrogens is 1. The number of nitrogens with one attached hydrogen (secondary N) is 2. The van der Waals surface area contributed by atoms with E-state index >= 15 is 0 Å². The maximum atomic E-state index is 13.9. The van der Waals surface area contributed by atoms with Crippen molar-refractivity contribution in [3.63, 3.8) is 0 Å². The lowest BCUT2D eigenvalue weighted by atomic mass is 9.99. The number of ether oxygens (including phenoxy) is 2. The third-order valence-electron chi connectivity index (χ3n) is 6.77. The fourth-order valence-electron chi connectivity index (χ4n) is 4.42. The summed E-state index contributed by atoms with van der Waals surface area (Å²) >= 11 is 5.56. The smallest absolute Gasteiger partial charge is 0.249 e. The zero-order valence-electron chi connectivity index (χ0n) is 22.5. The van der Waals surface area contributed by atoms with E-state index in [0.717, 1.165) is 11.1 Å². The summed E-state index contributed by atoms with van der Waals surface area (Å²) in [6.07, 6.45) is 3.36. The zero-order chi connectivity index (χ0) is 28.0. The van der Waals surface area contributed by atoms with Crippen molar-refractivity contribution in [3.8, 4) is 11.5 Å². The SMILES string of the molecule is COc1ccc(NC(=O)C(C)(C)N(Cc2cccnc2)C(=O)CN2C[C@@H](c3ccccc3)NC2=S)c(OC)c1. The van der Waals surface area contributed by atoms with Crippen LogP contribution in [-0.2, 0) is 16.1 Å². The fourth-order valence-corrected chi connectivity index (χ4v) is 4.70. The summed E-state index contributed by atoms with van der Waals surface area (Å²) in [4.78, 5) is 35.1. The Kier molecular flexibility index (Phi) is 8.65. The number of hydrogen-bond donors (Lipinski definition) is 2. The van der Waals surface area contributed by atoms with Crippen molar-refractivity contribution in [3.05, 3.63) is 84.2 Å². The first-order valence-corrected chi connectivity index (χ1v) is 13.0. The molecular weight excluding hydrogens is 514 g/mol. The highest BCUT2D eigenvalue weighted by atomic mass is 32.1. The van der Waals surface area contributed by atoms with Gasteiger partial charge in [0.1, 0.15) is 17.0 Å². The molecule has 1 aliphatic rings. The predicted octanol–water partition coefficient (Wildman–Crippen LogP) is 3.78. The van der Waals surface area contributed by atoms with E-state index in [4.69, 9.17) is 21.7 Å². The van der Waals surface area contributed by atoms with E-state index in [0.29, 0.717) is 28.8 Å². The Bertz CT molecular complexity index is 1320. The number of anilines is 1. The minimum absolute atomic E-state index is 0.0166. The number of pyridine rings is 1. The molecule has 3 aromatic rings. The molecule has 0 spiro atoms. The number of nitrogens with zero attached hydrogens (tertiary/aromatic N) is 3. The molecule has 39 heavy (non-hydrogen) atoms. The average molecular weight is 548 g/mol. The van der Waals surface area contributed by atoms with Gasteiger partial charge in [-0.3, -0.25) is 14.6 Å². The molecule has 1 atom stereocenters. The standard InChI is InChI=1S/C29H33N5O4S/c1-29(2,27(36)31-23-13-12-22(37-3)15-25(23)38-4)34(17-20-9-8-14-30-16-20)26(35)19-33-18-24(32-28(33)39)21-10-6-5-7-11-21/h5-16,24H,17-19H2,1-4H3,(H,31,36)(H,32,39)/t24-/m0/s1. The number of methoxy groups -OCH3 is 2. The molecule has 0 aliphatic carbocycles. The van der Waals surface area contributed by atoms with Gasteiger partial charge < -0.3 is 29.9 Å². The van der Waals surface area contributed by atoms with Gasteiger partial charge in [-0.1, -0.05) is 36.4 Å². The maximum absolute atomic E-state index is 13.9. The van der Waals surface area contributed by atoms with Gasteiger partial charge in [0.15, 0.2) is 5.11 Å². The Hall–Kier alpha value is -4.18. The number of thiocarbonyl (C=S) groups is 1. The third-order valence-corrected chi connectivity index (χ3v) is 7.14. The topological polar surface area (TPSA) is 96.0 Å². The zero-order valence-corrected chi connectivity index (χ0v) is 23.3. The van der Waals surface area contributed by atoms with Crippen molar-refractivity contribution in [2.75, 3.05) is 32.6 Å². The summed E-state index contributed by atoms with van der Waals surface area (Å²) in [6, 6.07) is 18.8. The lowest BCUT2D eigenvalue weighted by molar-refractivity contribution is -0.144. The van der Waals surface area contributed by atoms with E-state index in [1.54, 1.807) is 62.5 Å². The second-order valence-electron chi connectivity index (χ2n) is 9.71. The van der Waals surface area contributed by atoms with Crippen molar-refractivity contribution in [1.82, 2.24) is 20.1 Å². The van der Waals surface area contributed by atoms with E-state index in [9.17, 15) is 9.59 Å². The largest absolute Gasteiger partial charge is 0.497 e. The van der Waals surface area contributed by atoms with Crippen molar-refractivity contribution < 1.29 is 19.1 Å². The lowest BCUT2D eigenvalue weighted by Crippen LogP contribution is -2.57. The first kappa shape index (κ1) is 27.8. The molecule has 2 amide bonds. The molecule has 4 rings (SSSR count). The Morgan fingerprint density at radius 1 is 1.13 bits per heavy atom. The molecular formula is C29H33N5O4S. The van der Waals surface area contributed by atoms with Crippen LogP contribution in [0.25, 0.3) is 0 Å². The second kappa shape index (κ2) is 12.1. The first-order valence-electron chi connectivity index (χ1n) is 12.6. The van der Waals surface area contributed by atoms with Gasteiger partial charge in [-0.25, -0.2) is 0 Å². The summed E-state index contributed by atoms with van der Waals surface area (Å²) in [5.74, 6) is 0.441. The first-order chi connectivity index (χ1) is 18.7. The molecule has 0 saturated carbocycles. The van der Waals surface area contributed by atoms with Crippen LogP contribution in [0.15, 0.2) is 73.1 Å². The van der Waals surface area contributed by atoms with Crippen LogP contribution in [0, 0.1) is 0 Å². The summed E-state index contributed by atoms with van der Waals surface area (Å²) in [6.45, 7) is 4.21. The number of benzene rings is 2. The molecule has 0 bridgehead atoms. The fraction of sp³-hybridized carbons (Fsp3) is 0.310. The van der Waals surface area contributed by atoms with Gasteiger partial charge in [-0.2, -0.15) is 0 Å². The van der Waals surface area contributed by atoms with Gasteiger partial charge in [0.2, 0.25) is 11.8 Å². The lowest BCUT2D eigenvalue weighted by Gasteiger charge is -2.38. The number of carbonyl (C=O) groups is 2. The van der Waals surface area contributed by atoms with Crippen molar-refractivity contribution in [2.24, 2.45) is 0 Å². The number of rotatable bonds is 10. The van der Waals surface area contributed by atoms with Crippen LogP contribution in [0.4, 0.5) is 5.69 Å². The molecule has 1 saturated heterocycles. The Balaban J connectivity index is 1.56. The molecule has 1 aliphatic heterocycles. The summed E-state index contributed by atoms with van der Waals surface area (Å²) in [5, 5.41) is 6.73. The number of carbonyl (C=O) groups excluding carboxylic acids is 2. The Morgan fingerprint density at radius 2 is 1.90 bits per heavy atom. The van der Waals surface area contributed by atoms with E-state index < -0.39 is 5.54 Å². The van der Waals surface area contributed by atoms with E-state index in [2.05, 4.69) is 15.6 Å². The number of amides is 2. The summed E-state index contributed by atoms with van der Waals surface area (Å²) < 4.78 is 10.7. The quantitative estimate of drug-likeness (QED) is 0.371. The Morgan fingerprint density at radius 3 is 2.56 bits per heavy atom. The molecule has 204 valence electrons. The predicted molar refractivity (Wildman–Crippen MR) is 154 cm³/mol. The van der Waals surface area contributed by atoms with Gasteiger partial charge in [0.05, 0.1) is 32.5 Å². The van der Waals surface area contributed by atoms with Crippen LogP contribution in [0.1, 0.15) is 31.0 Å². The monoisotopic (exact) mass is 547 g/mol. The maximum Gasteiger partial charge on any atom is 0.249 e. The molecule has 9 nitrogen and oxygen atoms in total. The molecule has 1 fully saturated rings. The highest BCUT2D eigenvalue weighted by Crippen LogP contribution is 2.31. The Labute approximate surface area is 234 Å². The molecule has 1 aromatic heterocycles.